The molecule has 1 fully saturated rings. The monoisotopic (exact) mass is 354 g/mol. The molecule has 0 aromatic carbocycles. The number of aryl methyl sites for hydroxylation is 1. The van der Waals surface area contributed by atoms with Crippen LogP contribution in [0, 0.1) is 12.8 Å². The third-order valence-electron chi connectivity index (χ3n) is 5.06. The van der Waals surface area contributed by atoms with Crippen molar-refractivity contribution in [1.82, 2.24) is 29.4 Å². The number of likely N-dealkylation sites (tertiary alicyclic amines) is 1. The molecule has 1 atom stereocenters. The summed E-state index contributed by atoms with van der Waals surface area (Å²) < 4.78 is 9.24. The van der Waals surface area contributed by atoms with Crippen LogP contribution in [0.2, 0.25) is 0 Å². The first-order valence-corrected chi connectivity index (χ1v) is 8.82. The molecule has 3 aromatic heterocycles. The Balaban J connectivity index is 1.46. The van der Waals surface area contributed by atoms with E-state index in [0.29, 0.717) is 17.4 Å². The van der Waals surface area contributed by atoms with Gasteiger partial charge in [0.1, 0.15) is 0 Å². The topological polar surface area (TPSA) is 82.0 Å². The fraction of sp³-hybridized carbons (Fsp3) is 0.444. The Kier molecular flexibility index (Phi) is 4.32. The molecule has 8 heteroatoms. The molecule has 0 saturated carbocycles. The largest absolute Gasteiger partial charge is 0.355 e. The van der Waals surface area contributed by atoms with Crippen LogP contribution in [-0.4, -0.2) is 48.4 Å². The number of aromatic nitrogens is 5. The van der Waals surface area contributed by atoms with Crippen LogP contribution in [0.3, 0.4) is 0 Å². The zero-order valence-corrected chi connectivity index (χ0v) is 15.0. The zero-order chi connectivity index (χ0) is 18.1. The Morgan fingerprint density at radius 2 is 2.31 bits per heavy atom. The summed E-state index contributed by atoms with van der Waals surface area (Å²) in [5, 5.41) is 8.21. The molecule has 0 N–H and O–H groups in total. The lowest BCUT2D eigenvalue weighted by Gasteiger charge is -2.32. The van der Waals surface area contributed by atoms with Gasteiger partial charge < -0.3 is 14.0 Å². The Morgan fingerprint density at radius 1 is 1.42 bits per heavy atom. The van der Waals surface area contributed by atoms with Crippen molar-refractivity contribution in [2.24, 2.45) is 13.0 Å². The van der Waals surface area contributed by atoms with Crippen LogP contribution in [0.5, 0.6) is 0 Å². The molecule has 1 aliphatic rings. The lowest BCUT2D eigenvalue weighted by atomic mass is 9.97. The summed E-state index contributed by atoms with van der Waals surface area (Å²) in [6, 6.07) is 1.71. The molecule has 1 unspecified atom stereocenters. The van der Waals surface area contributed by atoms with E-state index in [-0.39, 0.29) is 5.91 Å². The SMILES string of the molecule is Cc1c(-c2cc(C(=O)N3CCCC(Cn4ccnc4)C3)no2)cnn1C. The van der Waals surface area contributed by atoms with Crippen molar-refractivity contribution >= 4 is 5.91 Å². The Labute approximate surface area is 151 Å². The van der Waals surface area contributed by atoms with E-state index in [2.05, 4.69) is 19.8 Å². The zero-order valence-electron chi connectivity index (χ0n) is 15.0. The molecule has 1 saturated heterocycles. The summed E-state index contributed by atoms with van der Waals surface area (Å²) in [4.78, 5) is 18.8. The number of imidazole rings is 1. The van der Waals surface area contributed by atoms with Gasteiger partial charge in [-0.25, -0.2) is 4.98 Å². The van der Waals surface area contributed by atoms with Crippen molar-refractivity contribution in [3.05, 3.63) is 42.4 Å². The minimum absolute atomic E-state index is 0.0723. The van der Waals surface area contributed by atoms with Gasteiger partial charge in [0, 0.05) is 50.8 Å². The Bertz CT molecular complexity index is 895. The molecule has 0 radical (unpaired) electrons. The maximum atomic E-state index is 12.8. The quantitative estimate of drug-likeness (QED) is 0.717. The molecule has 26 heavy (non-hydrogen) atoms. The minimum Gasteiger partial charge on any atom is -0.355 e. The van der Waals surface area contributed by atoms with Crippen LogP contribution < -0.4 is 0 Å². The van der Waals surface area contributed by atoms with Gasteiger partial charge in [-0.15, -0.1) is 0 Å². The molecular formula is C18H22N6O2. The van der Waals surface area contributed by atoms with E-state index in [4.69, 9.17) is 4.52 Å². The average molecular weight is 354 g/mol. The molecule has 1 aliphatic heterocycles. The normalized spacial score (nSPS) is 17.6. The molecule has 1 amide bonds. The van der Waals surface area contributed by atoms with Crippen molar-refractivity contribution in [3.63, 3.8) is 0 Å². The van der Waals surface area contributed by atoms with Crippen molar-refractivity contribution < 1.29 is 9.32 Å². The highest BCUT2D eigenvalue weighted by Crippen LogP contribution is 2.25. The van der Waals surface area contributed by atoms with Gasteiger partial charge in [0.15, 0.2) is 11.5 Å². The number of nitrogens with zero attached hydrogens (tertiary/aromatic N) is 6. The Morgan fingerprint density at radius 3 is 3.04 bits per heavy atom. The molecule has 8 nitrogen and oxygen atoms in total. The highest BCUT2D eigenvalue weighted by atomic mass is 16.5. The fourth-order valence-electron chi connectivity index (χ4n) is 3.50. The van der Waals surface area contributed by atoms with E-state index in [0.717, 1.165) is 43.7 Å². The molecule has 4 rings (SSSR count). The van der Waals surface area contributed by atoms with Crippen LogP contribution in [0.4, 0.5) is 0 Å². The van der Waals surface area contributed by atoms with Crippen LogP contribution in [-0.2, 0) is 13.6 Å². The summed E-state index contributed by atoms with van der Waals surface area (Å²) in [6.45, 7) is 4.32. The second-order valence-electron chi connectivity index (χ2n) is 6.86. The average Bonchev–Trinajstić information content (AvgIpc) is 3.38. The van der Waals surface area contributed by atoms with Crippen LogP contribution >= 0.6 is 0 Å². The maximum Gasteiger partial charge on any atom is 0.276 e. The minimum atomic E-state index is -0.0723. The number of piperidine rings is 1. The van der Waals surface area contributed by atoms with Gasteiger partial charge in [0.2, 0.25) is 0 Å². The third-order valence-corrected chi connectivity index (χ3v) is 5.06. The van der Waals surface area contributed by atoms with E-state index in [1.807, 2.05) is 31.4 Å². The summed E-state index contributed by atoms with van der Waals surface area (Å²) in [5.74, 6) is 0.927. The highest BCUT2D eigenvalue weighted by Gasteiger charge is 2.27. The summed E-state index contributed by atoms with van der Waals surface area (Å²) in [7, 11) is 1.87. The summed E-state index contributed by atoms with van der Waals surface area (Å²) >= 11 is 0. The second kappa shape index (κ2) is 6.78. The van der Waals surface area contributed by atoms with Crippen molar-refractivity contribution in [3.8, 4) is 11.3 Å². The molecule has 0 aliphatic carbocycles. The first-order chi connectivity index (χ1) is 12.6. The van der Waals surface area contributed by atoms with Crippen LogP contribution in [0.25, 0.3) is 11.3 Å². The maximum absolute atomic E-state index is 12.8. The van der Waals surface area contributed by atoms with E-state index in [9.17, 15) is 4.79 Å². The molecule has 3 aromatic rings. The fourth-order valence-corrected chi connectivity index (χ4v) is 3.50. The van der Waals surface area contributed by atoms with E-state index >= 15 is 0 Å². The number of rotatable bonds is 4. The standard InChI is InChI=1S/C18H22N6O2/c1-13-15(9-20-22(13)2)17-8-16(21-26-17)18(25)24-6-3-4-14(11-24)10-23-7-5-19-12-23/h5,7-9,12,14H,3-4,6,10-11H2,1-2H3. The van der Waals surface area contributed by atoms with Crippen molar-refractivity contribution in [2.75, 3.05) is 13.1 Å². The third kappa shape index (κ3) is 3.14. The van der Waals surface area contributed by atoms with E-state index < -0.39 is 0 Å². The van der Waals surface area contributed by atoms with Gasteiger partial charge in [-0.1, -0.05) is 5.16 Å². The van der Waals surface area contributed by atoms with E-state index in [1.54, 1.807) is 23.1 Å². The second-order valence-corrected chi connectivity index (χ2v) is 6.86. The first kappa shape index (κ1) is 16.6. The predicted octanol–water partition coefficient (Wildman–Crippen LogP) is 2.13. The van der Waals surface area contributed by atoms with Crippen molar-refractivity contribution in [1.29, 1.82) is 0 Å². The summed E-state index contributed by atoms with van der Waals surface area (Å²) in [5.41, 5.74) is 2.18. The molecular weight excluding hydrogens is 332 g/mol. The molecule has 4 heterocycles. The van der Waals surface area contributed by atoms with Crippen LogP contribution in [0.15, 0.2) is 35.5 Å². The number of carbonyl (C=O) groups excluding carboxylic acids is 1. The molecule has 0 bridgehead atoms. The van der Waals surface area contributed by atoms with Gasteiger partial charge in [-0.05, 0) is 25.7 Å². The van der Waals surface area contributed by atoms with Gasteiger partial charge in [0.05, 0.1) is 18.1 Å². The van der Waals surface area contributed by atoms with Gasteiger partial charge in [0.25, 0.3) is 5.91 Å². The van der Waals surface area contributed by atoms with Gasteiger partial charge in [-0.2, -0.15) is 5.10 Å². The van der Waals surface area contributed by atoms with Crippen molar-refractivity contribution in [2.45, 2.75) is 26.3 Å². The number of carbonyl (C=O) groups is 1. The summed E-state index contributed by atoms with van der Waals surface area (Å²) in [6.07, 6.45) is 9.40. The van der Waals surface area contributed by atoms with E-state index in [1.165, 1.54) is 0 Å². The lowest BCUT2D eigenvalue weighted by molar-refractivity contribution is 0.0652. The predicted molar refractivity (Wildman–Crippen MR) is 94.3 cm³/mol. The molecule has 0 spiro atoms. The number of hydrogen-bond donors (Lipinski definition) is 0. The first-order valence-electron chi connectivity index (χ1n) is 8.82. The number of hydrogen-bond acceptors (Lipinski definition) is 5. The van der Waals surface area contributed by atoms with Crippen LogP contribution in [0.1, 0.15) is 29.0 Å². The molecule has 136 valence electrons. The van der Waals surface area contributed by atoms with Gasteiger partial charge >= 0.3 is 0 Å². The van der Waals surface area contributed by atoms with Gasteiger partial charge in [-0.3, -0.25) is 9.48 Å². The smallest absolute Gasteiger partial charge is 0.276 e. The lowest BCUT2D eigenvalue weighted by Crippen LogP contribution is -2.41. The Hall–Kier alpha value is -2.90. The number of amides is 1. The highest BCUT2D eigenvalue weighted by molar-refractivity contribution is 5.93.